The number of fused-ring (bicyclic) bond motifs is 1. The third-order valence-corrected chi connectivity index (χ3v) is 1.94. The third kappa shape index (κ3) is 1.07. The summed E-state index contributed by atoms with van der Waals surface area (Å²) in [5, 5.41) is 8.06. The standard InChI is InChI=1S/C9H11N3/c1-2-3-8-7-6-11-12-9(7)4-5-10-8/h4-6H,2-3H2,1H3,(H,11,12). The van der Waals surface area contributed by atoms with Gasteiger partial charge in [0.2, 0.25) is 0 Å². The first-order valence-electron chi connectivity index (χ1n) is 4.18. The number of pyridine rings is 1. The smallest absolute Gasteiger partial charge is 0.0684 e. The molecule has 2 heterocycles. The minimum Gasteiger partial charge on any atom is -0.278 e. The van der Waals surface area contributed by atoms with E-state index in [1.807, 2.05) is 18.5 Å². The normalized spacial score (nSPS) is 10.8. The molecule has 0 amide bonds. The summed E-state index contributed by atoms with van der Waals surface area (Å²) in [6.07, 6.45) is 5.81. The number of aryl methyl sites for hydroxylation is 1. The monoisotopic (exact) mass is 161 g/mol. The zero-order valence-electron chi connectivity index (χ0n) is 7.04. The molecular weight excluding hydrogens is 150 g/mol. The van der Waals surface area contributed by atoms with Crippen LogP contribution in [0, 0.1) is 0 Å². The van der Waals surface area contributed by atoms with Crippen LogP contribution in [-0.4, -0.2) is 15.2 Å². The Morgan fingerprint density at radius 1 is 1.50 bits per heavy atom. The fourth-order valence-electron chi connectivity index (χ4n) is 1.36. The quantitative estimate of drug-likeness (QED) is 0.731. The van der Waals surface area contributed by atoms with Crippen LogP contribution in [0.3, 0.4) is 0 Å². The van der Waals surface area contributed by atoms with Gasteiger partial charge in [-0.2, -0.15) is 5.10 Å². The van der Waals surface area contributed by atoms with Crippen molar-refractivity contribution < 1.29 is 0 Å². The highest BCUT2D eigenvalue weighted by Crippen LogP contribution is 2.14. The molecule has 0 aliphatic rings. The third-order valence-electron chi connectivity index (χ3n) is 1.94. The van der Waals surface area contributed by atoms with Crippen molar-refractivity contribution in [3.63, 3.8) is 0 Å². The minimum absolute atomic E-state index is 1.02. The number of hydrogen-bond donors (Lipinski definition) is 1. The highest BCUT2D eigenvalue weighted by atomic mass is 15.1. The maximum absolute atomic E-state index is 4.31. The van der Waals surface area contributed by atoms with Gasteiger partial charge in [0, 0.05) is 11.6 Å². The Labute approximate surface area is 70.8 Å². The van der Waals surface area contributed by atoms with Gasteiger partial charge in [-0.15, -0.1) is 0 Å². The molecule has 1 N–H and O–H groups in total. The molecule has 2 aromatic rings. The van der Waals surface area contributed by atoms with E-state index in [-0.39, 0.29) is 0 Å². The number of aromatic amines is 1. The average Bonchev–Trinajstić information content (AvgIpc) is 2.53. The van der Waals surface area contributed by atoms with E-state index < -0.39 is 0 Å². The van der Waals surface area contributed by atoms with Crippen LogP contribution in [-0.2, 0) is 6.42 Å². The lowest BCUT2D eigenvalue weighted by atomic mass is 10.2. The van der Waals surface area contributed by atoms with E-state index in [2.05, 4.69) is 22.1 Å². The largest absolute Gasteiger partial charge is 0.278 e. The van der Waals surface area contributed by atoms with Crippen LogP contribution in [0.5, 0.6) is 0 Å². The fourth-order valence-corrected chi connectivity index (χ4v) is 1.36. The number of nitrogens with one attached hydrogen (secondary N) is 1. The van der Waals surface area contributed by atoms with Gasteiger partial charge in [-0.3, -0.25) is 10.1 Å². The number of hydrogen-bond acceptors (Lipinski definition) is 2. The Kier molecular flexibility index (Phi) is 1.78. The first-order chi connectivity index (χ1) is 5.92. The predicted molar refractivity (Wildman–Crippen MR) is 47.9 cm³/mol. The van der Waals surface area contributed by atoms with Crippen molar-refractivity contribution >= 4 is 10.9 Å². The molecule has 0 aromatic carbocycles. The Bertz CT molecular complexity index is 378. The second-order valence-corrected chi connectivity index (χ2v) is 2.84. The summed E-state index contributed by atoms with van der Waals surface area (Å²) in [6, 6.07) is 1.95. The molecule has 0 saturated heterocycles. The van der Waals surface area contributed by atoms with Crippen LogP contribution in [0.25, 0.3) is 10.9 Å². The molecule has 62 valence electrons. The Morgan fingerprint density at radius 3 is 3.25 bits per heavy atom. The van der Waals surface area contributed by atoms with Crippen molar-refractivity contribution in [1.29, 1.82) is 0 Å². The summed E-state index contributed by atoms with van der Waals surface area (Å²) in [5.41, 5.74) is 2.22. The first kappa shape index (κ1) is 7.28. The van der Waals surface area contributed by atoms with Gasteiger partial charge in [-0.25, -0.2) is 0 Å². The summed E-state index contributed by atoms with van der Waals surface area (Å²) in [5.74, 6) is 0. The average molecular weight is 161 g/mol. The van der Waals surface area contributed by atoms with Gasteiger partial charge < -0.3 is 0 Å². The summed E-state index contributed by atoms with van der Waals surface area (Å²) >= 11 is 0. The van der Waals surface area contributed by atoms with Crippen LogP contribution < -0.4 is 0 Å². The molecular formula is C9H11N3. The predicted octanol–water partition coefficient (Wildman–Crippen LogP) is 1.91. The van der Waals surface area contributed by atoms with Crippen LogP contribution >= 0.6 is 0 Å². The summed E-state index contributed by atoms with van der Waals surface area (Å²) in [4.78, 5) is 4.31. The molecule has 3 heteroatoms. The van der Waals surface area contributed by atoms with E-state index >= 15 is 0 Å². The van der Waals surface area contributed by atoms with E-state index in [0.29, 0.717) is 0 Å². The van der Waals surface area contributed by atoms with Crippen LogP contribution in [0.2, 0.25) is 0 Å². The van der Waals surface area contributed by atoms with Crippen molar-refractivity contribution in [2.75, 3.05) is 0 Å². The molecule has 12 heavy (non-hydrogen) atoms. The molecule has 0 unspecified atom stereocenters. The van der Waals surface area contributed by atoms with Gasteiger partial charge in [0.05, 0.1) is 17.4 Å². The van der Waals surface area contributed by atoms with E-state index in [1.54, 1.807) is 0 Å². The molecule has 0 atom stereocenters. The Morgan fingerprint density at radius 2 is 2.42 bits per heavy atom. The second kappa shape index (κ2) is 2.93. The minimum atomic E-state index is 1.02. The molecule has 0 aliphatic carbocycles. The maximum atomic E-state index is 4.31. The van der Waals surface area contributed by atoms with E-state index in [1.165, 1.54) is 0 Å². The molecule has 0 saturated carbocycles. The summed E-state index contributed by atoms with van der Waals surface area (Å²) < 4.78 is 0. The molecule has 0 spiro atoms. The van der Waals surface area contributed by atoms with Crippen LogP contribution in [0.4, 0.5) is 0 Å². The van der Waals surface area contributed by atoms with E-state index in [0.717, 1.165) is 29.4 Å². The highest BCUT2D eigenvalue weighted by Gasteiger charge is 2.01. The lowest BCUT2D eigenvalue weighted by molar-refractivity contribution is 0.893. The van der Waals surface area contributed by atoms with Crippen molar-refractivity contribution in [2.24, 2.45) is 0 Å². The Balaban J connectivity index is 2.57. The number of H-pyrrole nitrogens is 1. The van der Waals surface area contributed by atoms with Crippen LogP contribution in [0.15, 0.2) is 18.5 Å². The molecule has 2 aromatic heterocycles. The molecule has 3 nitrogen and oxygen atoms in total. The highest BCUT2D eigenvalue weighted by molar-refractivity contribution is 5.79. The van der Waals surface area contributed by atoms with Crippen molar-refractivity contribution in [3.8, 4) is 0 Å². The van der Waals surface area contributed by atoms with Gasteiger partial charge in [0.15, 0.2) is 0 Å². The molecule has 0 aliphatic heterocycles. The topological polar surface area (TPSA) is 41.6 Å². The lowest BCUT2D eigenvalue weighted by Crippen LogP contribution is -1.88. The Hall–Kier alpha value is -1.38. The van der Waals surface area contributed by atoms with Gasteiger partial charge in [0.25, 0.3) is 0 Å². The van der Waals surface area contributed by atoms with Gasteiger partial charge in [-0.05, 0) is 12.5 Å². The summed E-state index contributed by atoms with van der Waals surface area (Å²) in [6.45, 7) is 2.15. The van der Waals surface area contributed by atoms with Crippen molar-refractivity contribution in [3.05, 3.63) is 24.2 Å². The zero-order valence-corrected chi connectivity index (χ0v) is 7.04. The second-order valence-electron chi connectivity index (χ2n) is 2.84. The molecule has 0 bridgehead atoms. The number of nitrogens with zero attached hydrogens (tertiary/aromatic N) is 2. The molecule has 0 fully saturated rings. The molecule has 0 radical (unpaired) electrons. The molecule has 2 rings (SSSR count). The first-order valence-corrected chi connectivity index (χ1v) is 4.18. The van der Waals surface area contributed by atoms with Gasteiger partial charge in [0.1, 0.15) is 0 Å². The summed E-state index contributed by atoms with van der Waals surface area (Å²) in [7, 11) is 0. The maximum Gasteiger partial charge on any atom is 0.0684 e. The SMILES string of the molecule is CCCc1nccc2[nH]ncc12. The number of rotatable bonds is 2. The van der Waals surface area contributed by atoms with Gasteiger partial charge in [-0.1, -0.05) is 13.3 Å². The van der Waals surface area contributed by atoms with Crippen LogP contribution in [0.1, 0.15) is 19.0 Å². The van der Waals surface area contributed by atoms with E-state index in [4.69, 9.17) is 0 Å². The fraction of sp³-hybridized carbons (Fsp3) is 0.333. The van der Waals surface area contributed by atoms with E-state index in [9.17, 15) is 0 Å². The lowest BCUT2D eigenvalue weighted by Gasteiger charge is -1.97. The van der Waals surface area contributed by atoms with Crippen molar-refractivity contribution in [1.82, 2.24) is 15.2 Å². The van der Waals surface area contributed by atoms with Crippen molar-refractivity contribution in [2.45, 2.75) is 19.8 Å². The van der Waals surface area contributed by atoms with Gasteiger partial charge >= 0.3 is 0 Å². The zero-order chi connectivity index (χ0) is 8.39. The number of aromatic nitrogens is 3.